The molecule has 0 rings (SSSR count). The monoisotopic (exact) mass is 464 g/mol. The standard InChI is InChI=1S/C19H30N2.C11H18.C2H4/c1-10-12-21(15(5)6)17(8)13-16(7)18(9)20-19(11-2)14(3)4;1-5-8-11(9-6-2)10(4)7-3;1-2/h10,12-13,19-20H,3,5,7,9,11H2,1-2,4,6,8H3;5,8-9H,4,6-7H2,1-3H3;1-2H2/b12-10-,17-13-;8-5-,11-9+;/t19-;;/m0../s1. The average molecular weight is 465 g/mol. The van der Waals surface area contributed by atoms with Crippen molar-refractivity contribution < 1.29 is 0 Å². The van der Waals surface area contributed by atoms with Crippen LogP contribution in [0.3, 0.4) is 0 Å². The van der Waals surface area contributed by atoms with Crippen molar-refractivity contribution in [3.05, 3.63) is 122 Å². The molecule has 0 amide bonds. The van der Waals surface area contributed by atoms with E-state index >= 15 is 0 Å². The van der Waals surface area contributed by atoms with Crippen LogP contribution in [-0.2, 0) is 0 Å². The molecule has 190 valence electrons. The Hall–Kier alpha value is -3.00. The minimum Gasteiger partial charge on any atom is -0.379 e. The Kier molecular flexibility index (Phi) is 22.8. The van der Waals surface area contributed by atoms with E-state index in [1.165, 1.54) is 11.1 Å². The minimum atomic E-state index is 0.232. The fourth-order valence-electron chi connectivity index (χ4n) is 2.91. The topological polar surface area (TPSA) is 15.3 Å². The summed E-state index contributed by atoms with van der Waals surface area (Å²) >= 11 is 0. The van der Waals surface area contributed by atoms with E-state index in [9.17, 15) is 0 Å². The first-order valence-electron chi connectivity index (χ1n) is 12.1. The van der Waals surface area contributed by atoms with Crippen molar-refractivity contribution in [2.45, 2.75) is 80.7 Å². The highest BCUT2D eigenvalue weighted by Crippen LogP contribution is 2.17. The number of hydrogen-bond donors (Lipinski definition) is 1. The van der Waals surface area contributed by atoms with E-state index in [1.807, 2.05) is 57.9 Å². The van der Waals surface area contributed by atoms with E-state index in [2.05, 4.69) is 90.4 Å². The summed E-state index contributed by atoms with van der Waals surface area (Å²) in [6.45, 7) is 42.6. The fourth-order valence-corrected chi connectivity index (χ4v) is 2.91. The summed E-state index contributed by atoms with van der Waals surface area (Å²) in [4.78, 5) is 2.02. The molecule has 0 saturated carbocycles. The molecule has 0 radical (unpaired) electrons. The van der Waals surface area contributed by atoms with Gasteiger partial charge in [0.25, 0.3) is 0 Å². The van der Waals surface area contributed by atoms with Gasteiger partial charge in [-0.05, 0) is 76.7 Å². The van der Waals surface area contributed by atoms with Gasteiger partial charge in [-0.2, -0.15) is 0 Å². The first kappa shape index (κ1) is 35.6. The number of hydrogen-bond acceptors (Lipinski definition) is 2. The Morgan fingerprint density at radius 1 is 0.912 bits per heavy atom. The summed E-state index contributed by atoms with van der Waals surface area (Å²) in [5, 5.41) is 3.37. The molecule has 0 fully saturated rings. The molecule has 0 unspecified atom stereocenters. The number of rotatable bonds is 13. The van der Waals surface area contributed by atoms with E-state index < -0.39 is 0 Å². The van der Waals surface area contributed by atoms with Gasteiger partial charge in [-0.15, -0.1) is 13.2 Å². The van der Waals surface area contributed by atoms with Crippen molar-refractivity contribution in [2.24, 2.45) is 0 Å². The van der Waals surface area contributed by atoms with E-state index in [0.29, 0.717) is 0 Å². The van der Waals surface area contributed by atoms with Crippen molar-refractivity contribution in [3.8, 4) is 0 Å². The molecule has 0 aliphatic carbocycles. The van der Waals surface area contributed by atoms with Crippen LogP contribution in [0.25, 0.3) is 0 Å². The lowest BCUT2D eigenvalue weighted by Crippen LogP contribution is -2.28. The van der Waals surface area contributed by atoms with Crippen LogP contribution >= 0.6 is 0 Å². The van der Waals surface area contributed by atoms with E-state index in [-0.39, 0.29) is 6.04 Å². The van der Waals surface area contributed by atoms with Crippen LogP contribution in [0.4, 0.5) is 0 Å². The molecule has 2 heteroatoms. The van der Waals surface area contributed by atoms with Gasteiger partial charge in [-0.1, -0.05) is 83.5 Å². The molecule has 0 aromatic heterocycles. The Bertz CT molecular complexity index is 784. The molecular weight excluding hydrogens is 412 g/mol. The molecule has 0 aromatic carbocycles. The minimum absolute atomic E-state index is 0.232. The highest BCUT2D eigenvalue weighted by molar-refractivity contribution is 5.38. The highest BCUT2D eigenvalue weighted by atomic mass is 15.1. The van der Waals surface area contributed by atoms with Crippen LogP contribution in [0, 0.1) is 0 Å². The zero-order valence-corrected chi connectivity index (χ0v) is 23.6. The van der Waals surface area contributed by atoms with Crippen molar-refractivity contribution in [2.75, 3.05) is 0 Å². The quantitative estimate of drug-likeness (QED) is 0.215. The van der Waals surface area contributed by atoms with Gasteiger partial charge in [0.2, 0.25) is 0 Å². The fraction of sp³-hybridized carbons (Fsp3) is 0.375. The Morgan fingerprint density at radius 3 is 1.82 bits per heavy atom. The zero-order valence-electron chi connectivity index (χ0n) is 23.6. The summed E-state index contributed by atoms with van der Waals surface area (Å²) in [5.74, 6) is 0. The first-order chi connectivity index (χ1) is 16.0. The van der Waals surface area contributed by atoms with Gasteiger partial charge in [0.05, 0.1) is 0 Å². The van der Waals surface area contributed by atoms with Gasteiger partial charge in [-0.3, -0.25) is 0 Å². The Balaban J connectivity index is -0.000000621. The molecule has 0 spiro atoms. The second kappa shape index (κ2) is 21.8. The molecule has 1 atom stereocenters. The number of nitrogens with zero attached hydrogens (tertiary/aromatic N) is 1. The van der Waals surface area contributed by atoms with Crippen LogP contribution in [-0.4, -0.2) is 10.9 Å². The Morgan fingerprint density at radius 2 is 1.47 bits per heavy atom. The molecule has 0 heterocycles. The number of nitrogens with one attached hydrogen (secondary N) is 1. The van der Waals surface area contributed by atoms with Gasteiger partial charge in [0.1, 0.15) is 0 Å². The van der Waals surface area contributed by atoms with Crippen LogP contribution in [0.5, 0.6) is 0 Å². The molecule has 0 aliphatic rings. The molecule has 0 bridgehead atoms. The lowest BCUT2D eigenvalue weighted by atomic mass is 10.0. The maximum Gasteiger partial charge on any atom is 0.0465 e. The van der Waals surface area contributed by atoms with Gasteiger partial charge >= 0.3 is 0 Å². The van der Waals surface area contributed by atoms with Crippen LogP contribution in [0.2, 0.25) is 0 Å². The van der Waals surface area contributed by atoms with Gasteiger partial charge in [0.15, 0.2) is 0 Å². The molecule has 1 N–H and O–H groups in total. The SMILES string of the molecule is C=C.C=C(/C=C(/C)N(/C=C\C)C(=C)C)C(=C)N[C@@H](CC)C(=C)C.C=C(CC)C(/C=C\C)=C/CC. The predicted molar refractivity (Wildman–Crippen MR) is 159 cm³/mol. The largest absolute Gasteiger partial charge is 0.379 e. The number of allylic oxidation sites excluding steroid dienone is 9. The highest BCUT2D eigenvalue weighted by Gasteiger charge is 2.09. The molecule has 2 nitrogen and oxygen atoms in total. The van der Waals surface area contributed by atoms with Gasteiger partial charge in [0, 0.05) is 29.3 Å². The van der Waals surface area contributed by atoms with Crippen molar-refractivity contribution in [3.63, 3.8) is 0 Å². The van der Waals surface area contributed by atoms with Crippen LogP contribution in [0.1, 0.15) is 74.7 Å². The third-order valence-corrected chi connectivity index (χ3v) is 4.82. The third-order valence-electron chi connectivity index (χ3n) is 4.82. The predicted octanol–water partition coefficient (Wildman–Crippen LogP) is 9.94. The first-order valence-corrected chi connectivity index (χ1v) is 12.1. The molecule has 0 aliphatic heterocycles. The summed E-state index contributed by atoms with van der Waals surface area (Å²) in [6.07, 6.45) is 15.5. The van der Waals surface area contributed by atoms with Crippen molar-refractivity contribution >= 4 is 0 Å². The Labute approximate surface area is 212 Å². The molecule has 34 heavy (non-hydrogen) atoms. The van der Waals surface area contributed by atoms with Gasteiger partial charge < -0.3 is 10.2 Å². The summed E-state index contributed by atoms with van der Waals surface area (Å²) in [6, 6.07) is 0.232. The van der Waals surface area contributed by atoms with Gasteiger partial charge in [-0.25, -0.2) is 0 Å². The van der Waals surface area contributed by atoms with Crippen molar-refractivity contribution in [1.82, 2.24) is 10.2 Å². The van der Waals surface area contributed by atoms with Crippen molar-refractivity contribution in [1.29, 1.82) is 0 Å². The maximum atomic E-state index is 4.09. The third kappa shape index (κ3) is 15.7. The second-order valence-corrected chi connectivity index (χ2v) is 7.85. The molecule has 0 saturated heterocycles. The average Bonchev–Trinajstić information content (AvgIpc) is 2.81. The van der Waals surface area contributed by atoms with E-state index in [1.54, 1.807) is 0 Å². The normalized spacial score (nSPS) is 12.1. The zero-order chi connectivity index (χ0) is 27.3. The van der Waals surface area contributed by atoms with E-state index in [4.69, 9.17) is 0 Å². The summed E-state index contributed by atoms with van der Waals surface area (Å²) in [7, 11) is 0. The molecule has 0 aromatic rings. The van der Waals surface area contributed by atoms with Crippen LogP contribution in [0.15, 0.2) is 122 Å². The smallest absolute Gasteiger partial charge is 0.0465 e. The lowest BCUT2D eigenvalue weighted by molar-refractivity contribution is 0.577. The summed E-state index contributed by atoms with van der Waals surface area (Å²) in [5.41, 5.74) is 7.32. The summed E-state index contributed by atoms with van der Waals surface area (Å²) < 4.78 is 0. The molecular formula is C32H52N2. The van der Waals surface area contributed by atoms with E-state index in [0.717, 1.165) is 47.5 Å². The lowest BCUT2D eigenvalue weighted by Gasteiger charge is -2.23. The second-order valence-electron chi connectivity index (χ2n) is 7.85. The van der Waals surface area contributed by atoms with Crippen LogP contribution < -0.4 is 5.32 Å². The maximum absolute atomic E-state index is 4.09.